The lowest BCUT2D eigenvalue weighted by atomic mass is 9.83. The first kappa shape index (κ1) is 13.0. The summed E-state index contributed by atoms with van der Waals surface area (Å²) in [5.74, 6) is 2.12. The molecule has 1 aliphatic heterocycles. The summed E-state index contributed by atoms with van der Waals surface area (Å²) < 4.78 is 2.04. The Bertz CT molecular complexity index is 461. The summed E-state index contributed by atoms with van der Waals surface area (Å²) >= 11 is 1.86. The third-order valence-corrected chi connectivity index (χ3v) is 5.27. The molecule has 1 aromatic rings. The minimum absolute atomic E-state index is 0.334. The van der Waals surface area contributed by atoms with Crippen molar-refractivity contribution in [3.05, 3.63) is 12.2 Å². The molecule has 0 atom stereocenters. The second-order valence-corrected chi connectivity index (χ2v) is 6.37. The van der Waals surface area contributed by atoms with E-state index in [0.717, 1.165) is 17.5 Å². The highest BCUT2D eigenvalue weighted by Gasteiger charge is 2.37. The number of hydrogen-bond donors (Lipinski definition) is 1. The second-order valence-electron chi connectivity index (χ2n) is 5.41. The normalized spacial score (nSPS) is 23.9. The van der Waals surface area contributed by atoms with Gasteiger partial charge in [-0.1, -0.05) is 31.0 Å². The van der Waals surface area contributed by atoms with Crippen LogP contribution in [-0.4, -0.2) is 31.2 Å². The van der Waals surface area contributed by atoms with Crippen LogP contribution >= 0.6 is 11.8 Å². The zero-order chi connectivity index (χ0) is 13.1. The van der Waals surface area contributed by atoms with Crippen LogP contribution in [0, 0.1) is 0 Å². The van der Waals surface area contributed by atoms with Gasteiger partial charge in [-0.05, 0) is 19.8 Å². The van der Waals surface area contributed by atoms with Crippen molar-refractivity contribution in [2.75, 3.05) is 5.75 Å². The molecule has 2 fully saturated rings. The predicted octanol–water partition coefficient (Wildman–Crippen LogP) is 2.19. The van der Waals surface area contributed by atoms with Crippen molar-refractivity contribution in [3.63, 3.8) is 0 Å². The molecule has 3 rings (SSSR count). The Hall–Kier alpha value is -1.04. The summed E-state index contributed by atoms with van der Waals surface area (Å²) in [6, 6.07) is 0. The van der Waals surface area contributed by atoms with E-state index in [0.29, 0.717) is 12.1 Å². The van der Waals surface area contributed by atoms with Gasteiger partial charge in [0.25, 0.3) is 0 Å². The first-order valence-electron chi connectivity index (χ1n) is 7.13. The number of hydrogen-bond acceptors (Lipinski definition) is 4. The Kier molecular flexibility index (Phi) is 3.77. The summed E-state index contributed by atoms with van der Waals surface area (Å²) in [5, 5.41) is 12.8. The number of aromatic nitrogens is 3. The first-order valence-corrected chi connectivity index (χ1v) is 8.12. The van der Waals surface area contributed by atoms with Crippen molar-refractivity contribution in [1.29, 1.82) is 0 Å². The highest BCUT2D eigenvalue weighted by Crippen LogP contribution is 2.36. The first-order chi connectivity index (χ1) is 9.31. The second kappa shape index (κ2) is 5.53. The maximum absolute atomic E-state index is 4.67. The Balaban J connectivity index is 1.63. The Morgan fingerprint density at radius 3 is 3.05 bits per heavy atom. The van der Waals surface area contributed by atoms with Crippen molar-refractivity contribution in [3.8, 4) is 0 Å². The van der Waals surface area contributed by atoms with E-state index in [2.05, 4.69) is 27.4 Å². The Morgan fingerprint density at radius 1 is 1.42 bits per heavy atom. The molecule has 1 saturated heterocycles. The van der Waals surface area contributed by atoms with E-state index in [-0.39, 0.29) is 0 Å². The van der Waals surface area contributed by atoms with Gasteiger partial charge in [0.15, 0.2) is 11.0 Å². The lowest BCUT2D eigenvalue weighted by Crippen LogP contribution is -2.45. The molecule has 1 spiro atoms. The van der Waals surface area contributed by atoms with Crippen molar-refractivity contribution >= 4 is 16.9 Å². The molecule has 2 aliphatic rings. The van der Waals surface area contributed by atoms with E-state index in [1.165, 1.54) is 37.9 Å². The van der Waals surface area contributed by atoms with Gasteiger partial charge in [-0.25, -0.2) is 0 Å². The number of nitrogens with one attached hydrogen (secondary N) is 1. The molecule has 1 N–H and O–H groups in total. The molecule has 0 aromatic carbocycles. The Labute approximate surface area is 118 Å². The molecule has 1 aromatic heterocycles. The molecule has 2 heterocycles. The summed E-state index contributed by atoms with van der Waals surface area (Å²) in [6.45, 7) is 3.62. The van der Waals surface area contributed by atoms with E-state index in [9.17, 15) is 0 Å². The number of thioether (sulfide) groups is 1. The summed E-state index contributed by atoms with van der Waals surface area (Å²) in [7, 11) is 0. The van der Waals surface area contributed by atoms with Gasteiger partial charge in [0.1, 0.15) is 12.9 Å². The predicted molar refractivity (Wildman–Crippen MR) is 78.2 cm³/mol. The van der Waals surface area contributed by atoms with Crippen LogP contribution in [0.2, 0.25) is 0 Å². The molecule has 1 saturated carbocycles. The van der Waals surface area contributed by atoms with Crippen LogP contribution in [0.5, 0.6) is 0 Å². The van der Waals surface area contributed by atoms with Crippen molar-refractivity contribution in [1.82, 2.24) is 20.1 Å². The maximum atomic E-state index is 4.67. The van der Waals surface area contributed by atoms with E-state index in [1.54, 1.807) is 6.33 Å². The fourth-order valence-electron chi connectivity index (χ4n) is 2.90. The van der Waals surface area contributed by atoms with Crippen molar-refractivity contribution in [2.24, 2.45) is 4.99 Å². The molecule has 1 aliphatic carbocycles. The minimum atomic E-state index is 0.334. The molecule has 6 heteroatoms. The summed E-state index contributed by atoms with van der Waals surface area (Å²) in [4.78, 5) is 4.67. The number of aliphatic imine (C=N–C) groups is 1. The Morgan fingerprint density at radius 2 is 2.26 bits per heavy atom. The fraction of sp³-hybridized carbons (Fsp3) is 0.769. The van der Waals surface area contributed by atoms with Crippen molar-refractivity contribution < 1.29 is 0 Å². The molecule has 0 amide bonds. The average Bonchev–Trinajstić information content (AvgIpc) is 3.04. The fourth-order valence-corrected chi connectivity index (χ4v) is 4.11. The van der Waals surface area contributed by atoms with Gasteiger partial charge in [-0.2, -0.15) is 0 Å². The van der Waals surface area contributed by atoms with E-state index >= 15 is 0 Å². The lowest BCUT2D eigenvalue weighted by molar-refractivity contribution is 0.303. The summed E-state index contributed by atoms with van der Waals surface area (Å²) in [5.41, 5.74) is 0.334. The zero-order valence-corrected chi connectivity index (χ0v) is 12.2. The van der Waals surface area contributed by atoms with Crippen LogP contribution < -0.4 is 5.32 Å². The van der Waals surface area contributed by atoms with Crippen LogP contribution in [-0.2, 0) is 13.1 Å². The van der Waals surface area contributed by atoms with Crippen LogP contribution in [0.15, 0.2) is 11.3 Å². The standard InChI is InChI=1S/C13H21N5S/c1-2-18-10-15-17-11(18)8-14-12-16-13(9-19-12)6-4-3-5-7-13/h10H,2-9H2,1H3,(H,14,16). The average molecular weight is 279 g/mol. The van der Waals surface area contributed by atoms with Crippen molar-refractivity contribution in [2.45, 2.75) is 57.7 Å². The maximum Gasteiger partial charge on any atom is 0.157 e. The van der Waals surface area contributed by atoms with E-state index in [1.807, 2.05) is 16.3 Å². The highest BCUT2D eigenvalue weighted by molar-refractivity contribution is 8.14. The van der Waals surface area contributed by atoms with E-state index < -0.39 is 0 Å². The quantitative estimate of drug-likeness (QED) is 0.921. The molecule has 19 heavy (non-hydrogen) atoms. The smallest absolute Gasteiger partial charge is 0.157 e. The van der Waals surface area contributed by atoms with Gasteiger partial charge < -0.3 is 9.88 Å². The molecule has 104 valence electrons. The van der Waals surface area contributed by atoms with Crippen LogP contribution in [0.25, 0.3) is 0 Å². The molecule has 0 radical (unpaired) electrons. The monoisotopic (exact) mass is 279 g/mol. The third-order valence-electron chi connectivity index (χ3n) is 4.07. The van der Waals surface area contributed by atoms with Gasteiger partial charge in [0, 0.05) is 17.8 Å². The van der Waals surface area contributed by atoms with Gasteiger partial charge in [-0.15, -0.1) is 10.2 Å². The lowest BCUT2D eigenvalue weighted by Gasteiger charge is -2.32. The van der Waals surface area contributed by atoms with Gasteiger partial charge in [0.05, 0.1) is 0 Å². The molecule has 0 unspecified atom stereocenters. The number of amidine groups is 1. The minimum Gasteiger partial charge on any atom is -0.359 e. The van der Waals surface area contributed by atoms with Crippen LogP contribution in [0.1, 0.15) is 44.9 Å². The van der Waals surface area contributed by atoms with Gasteiger partial charge >= 0.3 is 0 Å². The topological polar surface area (TPSA) is 55.1 Å². The van der Waals surface area contributed by atoms with Crippen LogP contribution in [0.4, 0.5) is 0 Å². The number of rotatable bonds is 3. The van der Waals surface area contributed by atoms with Gasteiger partial charge in [0.2, 0.25) is 0 Å². The zero-order valence-electron chi connectivity index (χ0n) is 11.4. The van der Waals surface area contributed by atoms with Crippen LogP contribution in [0.3, 0.4) is 0 Å². The summed E-state index contributed by atoms with van der Waals surface area (Å²) in [6.07, 6.45) is 8.46. The highest BCUT2D eigenvalue weighted by atomic mass is 32.2. The number of nitrogens with zero attached hydrogens (tertiary/aromatic N) is 4. The largest absolute Gasteiger partial charge is 0.359 e. The molecular formula is C13H21N5S. The molecule has 0 bridgehead atoms. The number of aryl methyl sites for hydroxylation is 1. The SMILES string of the molecule is CCn1cnnc1CN=C1NC2(CCCCC2)CS1. The van der Waals surface area contributed by atoms with Gasteiger partial charge in [-0.3, -0.25) is 4.99 Å². The molecular weight excluding hydrogens is 258 g/mol. The van der Waals surface area contributed by atoms with E-state index in [4.69, 9.17) is 0 Å². The third kappa shape index (κ3) is 2.78. The molecule has 5 nitrogen and oxygen atoms in total.